The summed E-state index contributed by atoms with van der Waals surface area (Å²) in [4.78, 5) is 23.0. The third-order valence-corrected chi connectivity index (χ3v) is 3.84. The number of phenols is 1. The first-order valence-corrected chi connectivity index (χ1v) is 7.84. The molecule has 0 saturated carbocycles. The Morgan fingerprint density at radius 2 is 1.75 bits per heavy atom. The number of phenolic OH excluding ortho intramolecular Hbond substituents is 1. The van der Waals surface area contributed by atoms with Gasteiger partial charge in [0.05, 0.1) is 7.11 Å². The molecule has 6 heteroatoms. The van der Waals surface area contributed by atoms with E-state index in [2.05, 4.69) is 4.74 Å². The van der Waals surface area contributed by atoms with Gasteiger partial charge in [0.1, 0.15) is 11.4 Å². The Morgan fingerprint density at radius 3 is 2.50 bits per heavy atom. The number of methoxy groups -OCH3 is 1. The van der Waals surface area contributed by atoms with E-state index in [0.29, 0.717) is 36.1 Å². The third-order valence-electron chi connectivity index (χ3n) is 3.84. The molecule has 0 bridgehead atoms. The first-order valence-electron chi connectivity index (χ1n) is 7.84. The van der Waals surface area contributed by atoms with Crippen LogP contribution in [-0.2, 0) is 14.3 Å². The number of amides is 1. The predicted molar refractivity (Wildman–Crippen MR) is 90.0 cm³/mol. The third kappa shape index (κ3) is 4.23. The van der Waals surface area contributed by atoms with Crippen molar-refractivity contribution < 1.29 is 24.6 Å². The van der Waals surface area contributed by atoms with Crippen LogP contribution in [0.3, 0.4) is 0 Å². The Bertz CT molecular complexity index is 728. The number of nitrogens with zero attached hydrogens (tertiary/aromatic N) is 1. The van der Waals surface area contributed by atoms with E-state index in [-0.39, 0.29) is 23.8 Å². The summed E-state index contributed by atoms with van der Waals surface area (Å²) in [5, 5.41) is 22.2. The zero-order chi connectivity index (χ0) is 17.5. The van der Waals surface area contributed by atoms with E-state index in [1.165, 1.54) is 13.2 Å². The fraction of sp³-hybridized carbons (Fsp3) is 0.333. The van der Waals surface area contributed by atoms with Crippen LogP contribution in [0, 0.1) is 0 Å². The molecule has 2 N–H and O–H groups in total. The van der Waals surface area contributed by atoms with Crippen LogP contribution in [-0.4, -0.2) is 29.3 Å². The second-order valence-electron chi connectivity index (χ2n) is 5.50. The summed E-state index contributed by atoms with van der Waals surface area (Å²) in [6.45, 7) is 0. The topological polar surface area (TPSA) is 87.1 Å². The first kappa shape index (κ1) is 17.7. The second-order valence-corrected chi connectivity index (χ2v) is 5.50. The number of esters is 1. The maximum absolute atomic E-state index is 12.1. The van der Waals surface area contributed by atoms with Crippen molar-refractivity contribution in [3.8, 4) is 5.75 Å². The van der Waals surface area contributed by atoms with Gasteiger partial charge in [-0.2, -0.15) is 5.06 Å². The zero-order valence-electron chi connectivity index (χ0n) is 13.6. The Labute approximate surface area is 140 Å². The van der Waals surface area contributed by atoms with Crippen molar-refractivity contribution in [3.63, 3.8) is 0 Å². The fourth-order valence-corrected chi connectivity index (χ4v) is 2.48. The minimum atomic E-state index is -0.501. The van der Waals surface area contributed by atoms with Crippen LogP contribution in [0.5, 0.6) is 5.75 Å². The molecular weight excluding hydrogens is 310 g/mol. The largest absolute Gasteiger partial charge is 0.505 e. The average Bonchev–Trinajstić information content (AvgIpc) is 2.61. The van der Waals surface area contributed by atoms with Crippen molar-refractivity contribution >= 4 is 28.3 Å². The van der Waals surface area contributed by atoms with Gasteiger partial charge in [0.15, 0.2) is 0 Å². The number of ether oxygens (including phenoxy) is 1. The lowest BCUT2D eigenvalue weighted by molar-refractivity contribution is -0.140. The number of carbonyl (C=O) groups is 2. The standard InChI is InChI=1S/C18H21NO5/c1-24-17(21)10-4-2-3-9-16(20)19(23)15-12-11-13-7-5-6-8-14(13)18(15)22/h5-8,11-12,22-23H,2-4,9-10H2,1H3. The highest BCUT2D eigenvalue weighted by atomic mass is 16.5. The van der Waals surface area contributed by atoms with Gasteiger partial charge in [0.25, 0.3) is 5.91 Å². The fourth-order valence-electron chi connectivity index (χ4n) is 2.48. The van der Waals surface area contributed by atoms with Gasteiger partial charge in [-0.15, -0.1) is 0 Å². The molecule has 0 atom stereocenters. The first-order chi connectivity index (χ1) is 11.5. The van der Waals surface area contributed by atoms with E-state index < -0.39 is 5.91 Å². The molecule has 0 aliphatic heterocycles. The van der Waals surface area contributed by atoms with Crippen LogP contribution in [0.15, 0.2) is 36.4 Å². The highest BCUT2D eigenvalue weighted by Crippen LogP contribution is 2.34. The summed E-state index contributed by atoms with van der Waals surface area (Å²) in [5.41, 5.74) is 0.0632. The molecule has 6 nitrogen and oxygen atoms in total. The summed E-state index contributed by atoms with van der Waals surface area (Å²) in [5.74, 6) is -0.903. The van der Waals surface area contributed by atoms with Crippen LogP contribution in [0.25, 0.3) is 10.8 Å². The molecule has 1 amide bonds. The minimum absolute atomic E-state index is 0.0632. The van der Waals surface area contributed by atoms with E-state index in [1.807, 2.05) is 12.1 Å². The summed E-state index contributed by atoms with van der Waals surface area (Å²) < 4.78 is 4.54. The maximum Gasteiger partial charge on any atom is 0.305 e. The van der Waals surface area contributed by atoms with E-state index in [4.69, 9.17) is 0 Å². The number of carbonyl (C=O) groups excluding carboxylic acids is 2. The van der Waals surface area contributed by atoms with Crippen molar-refractivity contribution in [3.05, 3.63) is 36.4 Å². The normalized spacial score (nSPS) is 10.6. The molecule has 0 heterocycles. The molecule has 128 valence electrons. The highest BCUT2D eigenvalue weighted by molar-refractivity contribution is 5.99. The number of hydrogen-bond acceptors (Lipinski definition) is 5. The number of unbranched alkanes of at least 4 members (excludes halogenated alkanes) is 2. The molecule has 0 aromatic heterocycles. The molecule has 2 rings (SSSR count). The highest BCUT2D eigenvalue weighted by Gasteiger charge is 2.18. The van der Waals surface area contributed by atoms with Crippen LogP contribution < -0.4 is 5.06 Å². The number of hydroxylamine groups is 1. The van der Waals surface area contributed by atoms with Gasteiger partial charge in [-0.25, -0.2) is 0 Å². The number of aromatic hydroxyl groups is 1. The Balaban J connectivity index is 1.93. The monoisotopic (exact) mass is 331 g/mol. The summed E-state index contributed by atoms with van der Waals surface area (Å²) in [7, 11) is 1.34. The lowest BCUT2D eigenvalue weighted by Gasteiger charge is -2.17. The van der Waals surface area contributed by atoms with E-state index >= 15 is 0 Å². The zero-order valence-corrected chi connectivity index (χ0v) is 13.6. The van der Waals surface area contributed by atoms with Gasteiger partial charge in [0, 0.05) is 18.2 Å². The number of fused-ring (bicyclic) bond motifs is 1. The van der Waals surface area contributed by atoms with Crippen LogP contribution in [0.2, 0.25) is 0 Å². The van der Waals surface area contributed by atoms with Gasteiger partial charge in [-0.1, -0.05) is 36.8 Å². The van der Waals surface area contributed by atoms with E-state index in [1.54, 1.807) is 18.2 Å². The Morgan fingerprint density at radius 1 is 1.04 bits per heavy atom. The van der Waals surface area contributed by atoms with Gasteiger partial charge in [0.2, 0.25) is 0 Å². The van der Waals surface area contributed by atoms with Crippen molar-refractivity contribution in [1.29, 1.82) is 0 Å². The summed E-state index contributed by atoms with van der Waals surface area (Å²) in [6, 6.07) is 10.4. The molecule has 0 fully saturated rings. The van der Waals surface area contributed by atoms with Crippen molar-refractivity contribution in [2.75, 3.05) is 12.2 Å². The molecule has 0 unspecified atom stereocenters. The predicted octanol–water partition coefficient (Wildman–Crippen LogP) is 3.39. The Kier molecular flexibility index (Phi) is 6.14. The number of benzene rings is 2. The molecule has 0 aliphatic carbocycles. The smallest absolute Gasteiger partial charge is 0.305 e. The van der Waals surface area contributed by atoms with E-state index in [9.17, 15) is 19.9 Å². The summed E-state index contributed by atoms with van der Waals surface area (Å²) in [6.07, 6.45) is 2.30. The van der Waals surface area contributed by atoms with Crippen molar-refractivity contribution in [2.45, 2.75) is 32.1 Å². The van der Waals surface area contributed by atoms with Gasteiger partial charge in [-0.3, -0.25) is 14.8 Å². The summed E-state index contributed by atoms with van der Waals surface area (Å²) >= 11 is 0. The molecule has 0 radical (unpaired) electrons. The molecule has 0 aliphatic rings. The average molecular weight is 331 g/mol. The van der Waals surface area contributed by atoms with Crippen LogP contribution in [0.4, 0.5) is 5.69 Å². The minimum Gasteiger partial charge on any atom is -0.505 e. The molecule has 24 heavy (non-hydrogen) atoms. The lowest BCUT2D eigenvalue weighted by atomic mass is 10.1. The number of hydrogen-bond donors (Lipinski definition) is 2. The number of rotatable bonds is 7. The molecule has 2 aromatic carbocycles. The lowest BCUT2D eigenvalue weighted by Crippen LogP contribution is -2.26. The van der Waals surface area contributed by atoms with Crippen molar-refractivity contribution in [2.24, 2.45) is 0 Å². The van der Waals surface area contributed by atoms with Crippen LogP contribution in [0.1, 0.15) is 32.1 Å². The molecule has 0 spiro atoms. The second kappa shape index (κ2) is 8.31. The SMILES string of the molecule is COC(=O)CCCCCC(=O)N(O)c1ccc2ccccc2c1O. The van der Waals surface area contributed by atoms with Crippen LogP contribution >= 0.6 is 0 Å². The maximum atomic E-state index is 12.1. The molecule has 2 aromatic rings. The number of anilines is 1. The Hall–Kier alpha value is -2.60. The van der Waals surface area contributed by atoms with Gasteiger partial charge in [-0.05, 0) is 24.3 Å². The van der Waals surface area contributed by atoms with Crippen molar-refractivity contribution in [1.82, 2.24) is 0 Å². The quantitative estimate of drug-likeness (QED) is 0.351. The van der Waals surface area contributed by atoms with E-state index in [0.717, 1.165) is 5.39 Å². The van der Waals surface area contributed by atoms with Gasteiger partial charge >= 0.3 is 5.97 Å². The van der Waals surface area contributed by atoms with Gasteiger partial charge < -0.3 is 9.84 Å². The molecule has 0 saturated heterocycles. The molecular formula is C18H21NO5.